The molecule has 4 aromatic heterocycles. The Balaban J connectivity index is 1.57. The van der Waals surface area contributed by atoms with Crippen molar-refractivity contribution in [3.63, 3.8) is 0 Å². The minimum Gasteiger partial charge on any atom is -0.466 e. The first-order valence-electron chi connectivity index (χ1n) is 11.2. The summed E-state index contributed by atoms with van der Waals surface area (Å²) in [4.78, 5) is 15.4. The second kappa shape index (κ2) is 11.3. The number of allylic oxidation sites excluding steroid dienone is 1. The van der Waals surface area contributed by atoms with Crippen molar-refractivity contribution in [2.45, 2.75) is 13.0 Å². The molecular weight excluding hydrogens is 475 g/mol. The Morgan fingerprint density at radius 2 is 2.03 bits per heavy atom. The van der Waals surface area contributed by atoms with Gasteiger partial charge in [-0.05, 0) is 36.8 Å². The van der Waals surface area contributed by atoms with E-state index in [9.17, 15) is 9.65 Å². The molecule has 0 saturated carbocycles. The first-order chi connectivity index (χ1) is 17.9. The van der Waals surface area contributed by atoms with Crippen molar-refractivity contribution in [1.29, 1.82) is 5.26 Å². The third kappa shape index (κ3) is 5.55. The van der Waals surface area contributed by atoms with E-state index in [1.54, 1.807) is 24.5 Å². The van der Waals surface area contributed by atoms with Gasteiger partial charge < -0.3 is 20.1 Å². The second-order valence-corrected chi connectivity index (χ2v) is 8.06. The van der Waals surface area contributed by atoms with Crippen LogP contribution in [0.4, 0.5) is 10.2 Å². The second-order valence-electron chi connectivity index (χ2n) is 8.06. The lowest BCUT2D eigenvalue weighted by atomic mass is 10.0. The average molecular weight is 501 g/mol. The van der Waals surface area contributed by atoms with Crippen LogP contribution < -0.4 is 15.4 Å². The highest BCUT2D eigenvalue weighted by Crippen LogP contribution is 2.32. The molecule has 0 saturated heterocycles. The fraction of sp³-hybridized carbons (Fsp3) is 0.192. The third-order valence-corrected chi connectivity index (χ3v) is 5.79. The number of anilines is 1. The lowest BCUT2D eigenvalue weighted by molar-refractivity contribution is 0.0509. The summed E-state index contributed by atoms with van der Waals surface area (Å²) in [6, 6.07) is 11.3. The number of pyridine rings is 3. The molecule has 1 atom stereocenters. The zero-order valence-electron chi connectivity index (χ0n) is 20.5. The third-order valence-electron chi connectivity index (χ3n) is 5.79. The van der Waals surface area contributed by atoms with Crippen molar-refractivity contribution < 1.29 is 13.9 Å². The SMILES string of the molecule is COCOc1cnc(C(C#N)=CN)c(-c2ccc(N(C)C(C)c3ccc(-n4cc(F)cn4)nc3)nc2)c1. The van der Waals surface area contributed by atoms with Crippen LogP contribution in [-0.2, 0) is 4.74 Å². The van der Waals surface area contributed by atoms with Crippen LogP contribution in [0, 0.1) is 17.1 Å². The van der Waals surface area contributed by atoms with E-state index < -0.39 is 5.82 Å². The maximum Gasteiger partial charge on any atom is 0.188 e. The van der Waals surface area contributed by atoms with Crippen LogP contribution in [-0.4, -0.2) is 45.7 Å². The summed E-state index contributed by atoms with van der Waals surface area (Å²) in [6.07, 6.45) is 8.58. The van der Waals surface area contributed by atoms with E-state index in [4.69, 9.17) is 15.2 Å². The number of methoxy groups -OCH3 is 1. The van der Waals surface area contributed by atoms with E-state index in [-0.39, 0.29) is 18.4 Å². The monoisotopic (exact) mass is 500 g/mol. The van der Waals surface area contributed by atoms with Gasteiger partial charge >= 0.3 is 0 Å². The predicted molar refractivity (Wildman–Crippen MR) is 136 cm³/mol. The molecule has 4 aromatic rings. The first-order valence-corrected chi connectivity index (χ1v) is 11.2. The highest BCUT2D eigenvalue weighted by molar-refractivity contribution is 5.85. The fourth-order valence-corrected chi connectivity index (χ4v) is 3.64. The summed E-state index contributed by atoms with van der Waals surface area (Å²) in [7, 11) is 3.46. The summed E-state index contributed by atoms with van der Waals surface area (Å²) in [5, 5.41) is 13.4. The van der Waals surface area contributed by atoms with Crippen molar-refractivity contribution in [2.75, 3.05) is 25.9 Å². The standard InChI is InChI=1S/C26H25FN8O2/c1-17(18-4-7-25(31-11-18)35-15-21(27)13-33-35)34(2)24-6-5-19(12-30-24)23-8-22(37-16-36-3)14-32-26(23)20(9-28)10-29/h4-9,11-15,17H,16,28H2,1-3H3. The summed E-state index contributed by atoms with van der Waals surface area (Å²) in [6.45, 7) is 2.09. The smallest absolute Gasteiger partial charge is 0.188 e. The highest BCUT2D eigenvalue weighted by atomic mass is 19.1. The number of halogens is 1. The minimum absolute atomic E-state index is 0.0531. The van der Waals surface area contributed by atoms with Gasteiger partial charge in [-0.25, -0.2) is 19.0 Å². The molecule has 0 aromatic carbocycles. The molecule has 1 unspecified atom stereocenters. The van der Waals surface area contributed by atoms with E-state index in [1.807, 2.05) is 37.1 Å². The Labute approximate surface area is 213 Å². The van der Waals surface area contributed by atoms with Gasteiger partial charge in [0.05, 0.1) is 35.9 Å². The zero-order chi connectivity index (χ0) is 26.4. The van der Waals surface area contributed by atoms with Crippen LogP contribution in [0.25, 0.3) is 22.5 Å². The van der Waals surface area contributed by atoms with Gasteiger partial charge in [-0.15, -0.1) is 0 Å². The van der Waals surface area contributed by atoms with Crippen molar-refractivity contribution >= 4 is 11.4 Å². The van der Waals surface area contributed by atoms with Gasteiger partial charge in [0.2, 0.25) is 0 Å². The summed E-state index contributed by atoms with van der Waals surface area (Å²) < 4.78 is 25.1. The number of hydrogen-bond donors (Lipinski definition) is 1. The van der Waals surface area contributed by atoms with Crippen LogP contribution in [0.3, 0.4) is 0 Å². The molecule has 0 fully saturated rings. The molecule has 4 heterocycles. The van der Waals surface area contributed by atoms with Gasteiger partial charge in [-0.3, -0.25) is 4.98 Å². The van der Waals surface area contributed by atoms with Crippen molar-refractivity contribution in [3.05, 3.63) is 84.6 Å². The average Bonchev–Trinajstić information content (AvgIpc) is 3.38. The van der Waals surface area contributed by atoms with Crippen LogP contribution in [0.1, 0.15) is 24.2 Å². The zero-order valence-corrected chi connectivity index (χ0v) is 20.5. The molecule has 37 heavy (non-hydrogen) atoms. The Morgan fingerprint density at radius 1 is 1.19 bits per heavy atom. The van der Waals surface area contributed by atoms with E-state index in [0.29, 0.717) is 22.8 Å². The van der Waals surface area contributed by atoms with Crippen LogP contribution in [0.5, 0.6) is 5.75 Å². The van der Waals surface area contributed by atoms with E-state index in [0.717, 1.165) is 23.1 Å². The molecule has 0 radical (unpaired) electrons. The molecule has 2 N–H and O–H groups in total. The van der Waals surface area contributed by atoms with Crippen LogP contribution >= 0.6 is 0 Å². The van der Waals surface area contributed by atoms with E-state index >= 15 is 0 Å². The maximum atomic E-state index is 13.3. The number of aromatic nitrogens is 5. The Kier molecular flexibility index (Phi) is 7.71. The maximum absolute atomic E-state index is 13.3. The topological polar surface area (TPSA) is 128 Å². The molecule has 10 nitrogen and oxygen atoms in total. The predicted octanol–water partition coefficient (Wildman–Crippen LogP) is 3.87. The van der Waals surface area contributed by atoms with Crippen molar-refractivity contribution in [1.82, 2.24) is 24.7 Å². The normalized spacial score (nSPS) is 12.1. The van der Waals surface area contributed by atoms with E-state index in [2.05, 4.69) is 26.1 Å². The fourth-order valence-electron chi connectivity index (χ4n) is 3.64. The Hall–Kier alpha value is -4.82. The van der Waals surface area contributed by atoms with Crippen molar-refractivity contribution in [2.24, 2.45) is 5.73 Å². The van der Waals surface area contributed by atoms with Gasteiger partial charge in [-0.2, -0.15) is 10.4 Å². The largest absolute Gasteiger partial charge is 0.466 e. The molecule has 11 heteroatoms. The van der Waals surface area contributed by atoms with Gasteiger partial charge in [0, 0.05) is 43.9 Å². The van der Waals surface area contributed by atoms with Gasteiger partial charge in [-0.1, -0.05) is 6.07 Å². The number of rotatable bonds is 9. The number of nitrogens with zero attached hydrogens (tertiary/aromatic N) is 7. The Morgan fingerprint density at radius 3 is 2.62 bits per heavy atom. The molecule has 0 amide bonds. The van der Waals surface area contributed by atoms with Gasteiger partial charge in [0.25, 0.3) is 0 Å². The van der Waals surface area contributed by atoms with Crippen molar-refractivity contribution in [3.8, 4) is 28.8 Å². The molecule has 0 aliphatic rings. The van der Waals surface area contributed by atoms with Gasteiger partial charge in [0.15, 0.2) is 18.4 Å². The first kappa shape index (κ1) is 25.3. The molecule has 0 bridgehead atoms. The Bertz CT molecular complexity index is 1430. The van der Waals surface area contributed by atoms with Crippen LogP contribution in [0.15, 0.2) is 67.5 Å². The van der Waals surface area contributed by atoms with Crippen LogP contribution in [0.2, 0.25) is 0 Å². The van der Waals surface area contributed by atoms with E-state index in [1.165, 1.54) is 30.4 Å². The highest BCUT2D eigenvalue weighted by Gasteiger charge is 2.17. The quantitative estimate of drug-likeness (QED) is 0.269. The summed E-state index contributed by atoms with van der Waals surface area (Å²) in [5.74, 6) is 1.31. The molecule has 188 valence electrons. The number of nitriles is 1. The summed E-state index contributed by atoms with van der Waals surface area (Å²) in [5.41, 5.74) is 8.65. The number of nitrogens with two attached hydrogens (primary N) is 1. The number of hydrogen-bond acceptors (Lipinski definition) is 9. The summed E-state index contributed by atoms with van der Waals surface area (Å²) >= 11 is 0. The lowest BCUT2D eigenvalue weighted by Crippen LogP contribution is -2.22. The molecule has 0 spiro atoms. The molecule has 4 rings (SSSR count). The number of ether oxygens (including phenoxy) is 2. The van der Waals surface area contributed by atoms with Gasteiger partial charge in [0.1, 0.15) is 17.6 Å². The lowest BCUT2D eigenvalue weighted by Gasteiger charge is -2.26. The molecule has 0 aliphatic heterocycles. The molecule has 0 aliphatic carbocycles. The molecular formula is C26H25FN8O2. The minimum atomic E-state index is -0.423.